The van der Waals surface area contributed by atoms with Gasteiger partial charge in [-0.2, -0.15) is 0 Å². The third-order valence-corrected chi connectivity index (χ3v) is 5.06. The van der Waals surface area contributed by atoms with Crippen LogP contribution in [-0.2, 0) is 11.2 Å². The summed E-state index contributed by atoms with van der Waals surface area (Å²) in [5.74, 6) is 1.02. The Labute approximate surface area is 144 Å². The summed E-state index contributed by atoms with van der Waals surface area (Å²) in [4.78, 5) is 17.2. The molecule has 1 amide bonds. The van der Waals surface area contributed by atoms with E-state index < -0.39 is 0 Å². The second-order valence-corrected chi connectivity index (χ2v) is 6.84. The van der Waals surface area contributed by atoms with Crippen molar-refractivity contribution in [1.82, 2.24) is 9.80 Å². The number of nitrogens with zero attached hydrogens (tertiary/aromatic N) is 2. The van der Waals surface area contributed by atoms with Crippen molar-refractivity contribution in [1.29, 1.82) is 0 Å². The zero-order valence-corrected chi connectivity index (χ0v) is 14.5. The summed E-state index contributed by atoms with van der Waals surface area (Å²) in [5, 5.41) is 0. The summed E-state index contributed by atoms with van der Waals surface area (Å²) in [6, 6.07) is 8.35. The summed E-state index contributed by atoms with van der Waals surface area (Å²) < 4.78 is 5.54. The quantitative estimate of drug-likeness (QED) is 0.861. The van der Waals surface area contributed by atoms with E-state index in [9.17, 15) is 4.79 Å². The van der Waals surface area contributed by atoms with E-state index in [1.165, 1.54) is 32.4 Å². The van der Waals surface area contributed by atoms with E-state index >= 15 is 0 Å². The standard InChI is InChI=1S/C19H29N3O2/c20-8-12-24-18-6-4-5-16(13-18)14-19(23)22-11-7-17(15-22)21-9-2-1-3-10-21/h4-6,13,17H,1-3,7-12,14-15,20H2. The molecular formula is C19H29N3O2. The molecule has 0 aromatic heterocycles. The van der Waals surface area contributed by atoms with Crippen LogP contribution in [-0.4, -0.2) is 61.1 Å². The van der Waals surface area contributed by atoms with Crippen LogP contribution in [0.5, 0.6) is 5.75 Å². The van der Waals surface area contributed by atoms with Crippen LogP contribution in [0.25, 0.3) is 0 Å². The van der Waals surface area contributed by atoms with Crippen LogP contribution in [0.15, 0.2) is 24.3 Å². The number of amides is 1. The second-order valence-electron chi connectivity index (χ2n) is 6.84. The van der Waals surface area contributed by atoms with Gasteiger partial charge in [0.05, 0.1) is 6.42 Å². The number of rotatable bonds is 6. The summed E-state index contributed by atoms with van der Waals surface area (Å²) in [7, 11) is 0. The van der Waals surface area contributed by atoms with E-state index in [-0.39, 0.29) is 5.91 Å². The minimum absolute atomic E-state index is 0.227. The minimum atomic E-state index is 0.227. The summed E-state index contributed by atoms with van der Waals surface area (Å²) >= 11 is 0. The molecule has 1 aromatic rings. The van der Waals surface area contributed by atoms with Crippen LogP contribution in [0.4, 0.5) is 0 Å². The first-order valence-corrected chi connectivity index (χ1v) is 9.20. The molecule has 2 N–H and O–H groups in total. The van der Waals surface area contributed by atoms with Crippen LogP contribution in [0.1, 0.15) is 31.2 Å². The first kappa shape index (κ1) is 17.2. The maximum Gasteiger partial charge on any atom is 0.227 e. The molecule has 1 aromatic carbocycles. The third kappa shape index (κ3) is 4.48. The van der Waals surface area contributed by atoms with Gasteiger partial charge >= 0.3 is 0 Å². The SMILES string of the molecule is NCCOc1cccc(CC(=O)N2CCC(N3CCCCC3)C2)c1. The Morgan fingerprint density at radius 3 is 2.83 bits per heavy atom. The summed E-state index contributed by atoms with van der Waals surface area (Å²) in [5.41, 5.74) is 6.47. The molecule has 2 fully saturated rings. The number of likely N-dealkylation sites (tertiary alicyclic amines) is 2. The van der Waals surface area contributed by atoms with Gasteiger partial charge < -0.3 is 15.4 Å². The number of piperidine rings is 1. The average Bonchev–Trinajstić information content (AvgIpc) is 3.11. The third-order valence-electron chi connectivity index (χ3n) is 5.06. The van der Waals surface area contributed by atoms with Crippen LogP contribution >= 0.6 is 0 Å². The molecule has 0 radical (unpaired) electrons. The normalized spacial score (nSPS) is 21.9. The Morgan fingerprint density at radius 2 is 2.04 bits per heavy atom. The van der Waals surface area contributed by atoms with Crippen molar-refractivity contribution in [3.63, 3.8) is 0 Å². The van der Waals surface area contributed by atoms with Crippen molar-refractivity contribution >= 4 is 5.91 Å². The highest BCUT2D eigenvalue weighted by Gasteiger charge is 2.30. The van der Waals surface area contributed by atoms with E-state index in [2.05, 4.69) is 4.90 Å². The van der Waals surface area contributed by atoms with Gasteiger partial charge in [0.15, 0.2) is 0 Å². The van der Waals surface area contributed by atoms with Gasteiger partial charge in [-0.3, -0.25) is 9.69 Å². The lowest BCUT2D eigenvalue weighted by atomic mass is 10.1. The fraction of sp³-hybridized carbons (Fsp3) is 0.632. The fourth-order valence-electron chi connectivity index (χ4n) is 3.76. The van der Waals surface area contributed by atoms with Crippen molar-refractivity contribution in [2.75, 3.05) is 39.3 Å². The van der Waals surface area contributed by atoms with Gasteiger partial charge in [0, 0.05) is 25.7 Å². The molecule has 5 nitrogen and oxygen atoms in total. The Hall–Kier alpha value is -1.59. The Morgan fingerprint density at radius 1 is 1.21 bits per heavy atom. The fourth-order valence-corrected chi connectivity index (χ4v) is 3.76. The molecule has 2 aliphatic rings. The van der Waals surface area contributed by atoms with E-state index in [0.29, 0.717) is 25.6 Å². The van der Waals surface area contributed by atoms with Crippen molar-refractivity contribution in [3.05, 3.63) is 29.8 Å². The van der Waals surface area contributed by atoms with Crippen molar-refractivity contribution in [2.45, 2.75) is 38.1 Å². The molecule has 0 bridgehead atoms. The Kier molecular flexibility index (Phi) is 6.10. The molecule has 0 aliphatic carbocycles. The van der Waals surface area contributed by atoms with Crippen molar-refractivity contribution in [2.24, 2.45) is 5.73 Å². The van der Waals surface area contributed by atoms with E-state index in [0.717, 1.165) is 30.8 Å². The minimum Gasteiger partial charge on any atom is -0.492 e. The topological polar surface area (TPSA) is 58.8 Å². The molecule has 1 atom stereocenters. The maximum absolute atomic E-state index is 12.6. The average molecular weight is 331 g/mol. The van der Waals surface area contributed by atoms with Gasteiger partial charge in [-0.15, -0.1) is 0 Å². The molecule has 0 saturated carbocycles. The Bertz CT molecular complexity index is 543. The number of carbonyl (C=O) groups excluding carboxylic acids is 1. The lowest BCUT2D eigenvalue weighted by Gasteiger charge is -2.32. The number of ether oxygens (including phenoxy) is 1. The molecule has 2 heterocycles. The lowest BCUT2D eigenvalue weighted by molar-refractivity contribution is -0.129. The largest absolute Gasteiger partial charge is 0.492 e. The van der Waals surface area contributed by atoms with Gasteiger partial charge in [-0.25, -0.2) is 0 Å². The number of hydrogen-bond donors (Lipinski definition) is 1. The first-order chi connectivity index (χ1) is 11.8. The van der Waals surface area contributed by atoms with Gasteiger partial charge in [0.25, 0.3) is 0 Å². The first-order valence-electron chi connectivity index (χ1n) is 9.20. The predicted octanol–water partition coefficient (Wildman–Crippen LogP) is 1.65. The molecule has 132 valence electrons. The molecule has 1 unspecified atom stereocenters. The highest BCUT2D eigenvalue weighted by Crippen LogP contribution is 2.21. The van der Waals surface area contributed by atoms with E-state index in [1.54, 1.807) is 0 Å². The number of nitrogens with two attached hydrogens (primary N) is 1. The molecule has 5 heteroatoms. The number of carbonyl (C=O) groups is 1. The second kappa shape index (κ2) is 8.49. The van der Waals surface area contributed by atoms with Crippen molar-refractivity contribution < 1.29 is 9.53 Å². The molecule has 0 spiro atoms. The van der Waals surface area contributed by atoms with Crippen LogP contribution in [0.3, 0.4) is 0 Å². The van der Waals surface area contributed by atoms with E-state index in [4.69, 9.17) is 10.5 Å². The van der Waals surface area contributed by atoms with Gasteiger partial charge in [-0.1, -0.05) is 18.6 Å². The van der Waals surface area contributed by atoms with Crippen LogP contribution < -0.4 is 10.5 Å². The number of hydrogen-bond acceptors (Lipinski definition) is 4. The Balaban J connectivity index is 1.52. The molecule has 2 aliphatic heterocycles. The highest BCUT2D eigenvalue weighted by molar-refractivity contribution is 5.79. The molecule has 24 heavy (non-hydrogen) atoms. The monoisotopic (exact) mass is 331 g/mol. The zero-order chi connectivity index (χ0) is 16.8. The van der Waals surface area contributed by atoms with Crippen LogP contribution in [0.2, 0.25) is 0 Å². The smallest absolute Gasteiger partial charge is 0.227 e. The lowest BCUT2D eigenvalue weighted by Crippen LogP contribution is -2.41. The predicted molar refractivity (Wildman–Crippen MR) is 95.1 cm³/mol. The van der Waals surface area contributed by atoms with E-state index in [1.807, 2.05) is 29.2 Å². The maximum atomic E-state index is 12.6. The molecular weight excluding hydrogens is 302 g/mol. The van der Waals surface area contributed by atoms with Crippen LogP contribution in [0, 0.1) is 0 Å². The molecule has 2 saturated heterocycles. The van der Waals surface area contributed by atoms with Crippen molar-refractivity contribution in [3.8, 4) is 5.75 Å². The number of benzene rings is 1. The molecule has 3 rings (SSSR count). The van der Waals surface area contributed by atoms with Gasteiger partial charge in [0.1, 0.15) is 12.4 Å². The zero-order valence-electron chi connectivity index (χ0n) is 14.5. The highest BCUT2D eigenvalue weighted by atomic mass is 16.5. The summed E-state index contributed by atoms with van der Waals surface area (Å²) in [6.45, 7) is 5.18. The van der Waals surface area contributed by atoms with Gasteiger partial charge in [0.2, 0.25) is 5.91 Å². The van der Waals surface area contributed by atoms with Gasteiger partial charge in [-0.05, 0) is 50.0 Å². The summed E-state index contributed by atoms with van der Waals surface area (Å²) in [6.07, 6.45) is 5.53.